The molecule has 2 aliphatic rings. The quantitative estimate of drug-likeness (QED) is 0.557. The van der Waals surface area contributed by atoms with Crippen LogP contribution in [0.1, 0.15) is 56.1 Å². The lowest BCUT2D eigenvalue weighted by Crippen LogP contribution is -2.36. The minimum atomic E-state index is -0.479. The van der Waals surface area contributed by atoms with E-state index in [-0.39, 0.29) is 11.7 Å². The smallest absolute Gasteiger partial charge is 0.336 e. The summed E-state index contributed by atoms with van der Waals surface area (Å²) in [6.45, 7) is 4.55. The van der Waals surface area contributed by atoms with Gasteiger partial charge in [-0.1, -0.05) is 42.8 Å². The summed E-state index contributed by atoms with van der Waals surface area (Å²) in [6, 6.07) is 15.3. The lowest BCUT2D eigenvalue weighted by Gasteiger charge is -2.36. The molecule has 1 N–H and O–H groups in total. The monoisotopic (exact) mass is 465 g/mol. The predicted molar refractivity (Wildman–Crippen MR) is 128 cm³/mol. The molecule has 4 rings (SSSR count). The molecule has 2 unspecified atom stereocenters. The second kappa shape index (κ2) is 9.84. The van der Waals surface area contributed by atoms with Gasteiger partial charge in [0.15, 0.2) is 5.78 Å². The summed E-state index contributed by atoms with van der Waals surface area (Å²) in [5.74, 6) is -0.0576. The first-order chi connectivity index (χ1) is 15.9. The number of hydrogen-bond acceptors (Lipinski definition) is 5. The molecular weight excluding hydrogens is 438 g/mol. The van der Waals surface area contributed by atoms with Gasteiger partial charge in [0, 0.05) is 34.3 Å². The number of rotatable bonds is 6. The summed E-state index contributed by atoms with van der Waals surface area (Å²) in [5, 5.41) is 4.02. The highest BCUT2D eigenvalue weighted by Gasteiger charge is 2.41. The van der Waals surface area contributed by atoms with Crippen LogP contribution in [0.3, 0.4) is 0 Å². The number of carbonyl (C=O) groups is 2. The summed E-state index contributed by atoms with van der Waals surface area (Å²) in [6.07, 6.45) is 1.98. The number of esters is 1. The molecule has 172 valence electrons. The Bertz CT molecular complexity index is 1120. The first kappa shape index (κ1) is 23.1. The van der Waals surface area contributed by atoms with Crippen LogP contribution in [0.5, 0.6) is 5.75 Å². The average Bonchev–Trinajstić information content (AvgIpc) is 2.82. The largest absolute Gasteiger partial charge is 0.494 e. The van der Waals surface area contributed by atoms with Gasteiger partial charge in [0.1, 0.15) is 5.75 Å². The fraction of sp³-hybridized carbons (Fsp3) is 0.333. The van der Waals surface area contributed by atoms with Crippen molar-refractivity contribution in [2.75, 3.05) is 13.7 Å². The number of nitrogens with one attached hydrogen (secondary N) is 1. The zero-order valence-electron chi connectivity index (χ0n) is 19.1. The summed E-state index contributed by atoms with van der Waals surface area (Å²) >= 11 is 6.05. The zero-order chi connectivity index (χ0) is 23.5. The Labute approximate surface area is 199 Å². The van der Waals surface area contributed by atoms with Crippen molar-refractivity contribution >= 4 is 23.4 Å². The van der Waals surface area contributed by atoms with E-state index in [1.807, 2.05) is 55.5 Å². The van der Waals surface area contributed by atoms with E-state index >= 15 is 0 Å². The van der Waals surface area contributed by atoms with E-state index in [1.165, 1.54) is 7.11 Å². The van der Waals surface area contributed by atoms with Crippen LogP contribution in [0.2, 0.25) is 5.02 Å². The number of halogens is 1. The Morgan fingerprint density at radius 1 is 1.06 bits per heavy atom. The molecule has 2 aromatic carbocycles. The molecule has 33 heavy (non-hydrogen) atoms. The molecule has 2 aromatic rings. The second-order valence-corrected chi connectivity index (χ2v) is 8.91. The van der Waals surface area contributed by atoms with Crippen molar-refractivity contribution in [1.82, 2.24) is 5.32 Å². The Morgan fingerprint density at radius 3 is 2.36 bits per heavy atom. The van der Waals surface area contributed by atoms with Crippen LogP contribution in [-0.2, 0) is 14.3 Å². The van der Waals surface area contributed by atoms with Gasteiger partial charge in [-0.05, 0) is 61.1 Å². The standard InChI is InChI=1S/C27H28ClNO4/c1-4-13-33-21-11-7-18(8-12-21)25-24(27(31)32-3)16(2)29-22-14-19(15-23(30)26(22)25)17-5-9-20(28)10-6-17/h5-12,19,25,29H,4,13-15H2,1-3H3. The summed E-state index contributed by atoms with van der Waals surface area (Å²) in [4.78, 5) is 26.3. The Morgan fingerprint density at radius 2 is 1.73 bits per heavy atom. The maximum atomic E-state index is 13.5. The third-order valence-corrected chi connectivity index (χ3v) is 6.51. The Balaban J connectivity index is 1.74. The molecule has 0 saturated carbocycles. The molecule has 1 heterocycles. The molecule has 6 heteroatoms. The van der Waals surface area contributed by atoms with Crippen molar-refractivity contribution in [2.24, 2.45) is 0 Å². The zero-order valence-corrected chi connectivity index (χ0v) is 19.9. The number of methoxy groups -OCH3 is 1. The van der Waals surface area contributed by atoms with Gasteiger partial charge in [-0.2, -0.15) is 0 Å². The average molecular weight is 466 g/mol. The fourth-order valence-corrected chi connectivity index (χ4v) is 4.83. The van der Waals surface area contributed by atoms with Crippen molar-refractivity contribution < 1.29 is 19.1 Å². The molecule has 1 aliphatic carbocycles. The normalized spacial score (nSPS) is 20.3. The molecule has 5 nitrogen and oxygen atoms in total. The van der Waals surface area contributed by atoms with E-state index in [1.54, 1.807) is 0 Å². The molecule has 0 amide bonds. The van der Waals surface area contributed by atoms with Crippen LogP contribution in [0.4, 0.5) is 0 Å². The number of carbonyl (C=O) groups excluding carboxylic acids is 2. The van der Waals surface area contributed by atoms with Crippen LogP contribution in [0.25, 0.3) is 0 Å². The van der Waals surface area contributed by atoms with Crippen LogP contribution < -0.4 is 10.1 Å². The van der Waals surface area contributed by atoms with Gasteiger partial charge in [-0.25, -0.2) is 4.79 Å². The van der Waals surface area contributed by atoms with E-state index in [0.717, 1.165) is 29.0 Å². The summed E-state index contributed by atoms with van der Waals surface area (Å²) in [5.41, 5.74) is 4.64. The molecule has 0 saturated heterocycles. The van der Waals surface area contributed by atoms with E-state index in [9.17, 15) is 9.59 Å². The van der Waals surface area contributed by atoms with Gasteiger partial charge in [-0.3, -0.25) is 4.79 Å². The van der Waals surface area contributed by atoms with Crippen LogP contribution in [0.15, 0.2) is 71.1 Å². The van der Waals surface area contributed by atoms with E-state index in [0.29, 0.717) is 41.3 Å². The van der Waals surface area contributed by atoms with E-state index < -0.39 is 11.9 Å². The van der Waals surface area contributed by atoms with Gasteiger partial charge in [-0.15, -0.1) is 0 Å². The van der Waals surface area contributed by atoms with Gasteiger partial charge in [0.25, 0.3) is 0 Å². The number of benzene rings is 2. The summed E-state index contributed by atoms with van der Waals surface area (Å²) < 4.78 is 10.8. The van der Waals surface area contributed by atoms with E-state index in [2.05, 4.69) is 12.2 Å². The first-order valence-corrected chi connectivity index (χ1v) is 11.6. The highest BCUT2D eigenvalue weighted by Crippen LogP contribution is 2.46. The maximum absolute atomic E-state index is 13.5. The SMILES string of the molecule is CCCOc1ccc(C2C(C(=O)OC)=C(C)NC3=C2C(=O)CC(c2ccc(Cl)cc2)C3)cc1. The van der Waals surface area contributed by atoms with Crippen molar-refractivity contribution in [3.05, 3.63) is 87.2 Å². The molecule has 1 aliphatic heterocycles. The minimum Gasteiger partial charge on any atom is -0.494 e. The topological polar surface area (TPSA) is 64.6 Å². The van der Waals surface area contributed by atoms with Crippen molar-refractivity contribution in [1.29, 1.82) is 0 Å². The number of ketones is 1. The Hall–Kier alpha value is -3.05. The van der Waals surface area contributed by atoms with Crippen molar-refractivity contribution in [3.8, 4) is 5.75 Å². The van der Waals surface area contributed by atoms with Crippen LogP contribution >= 0.6 is 11.6 Å². The molecule has 0 radical (unpaired) electrons. The third-order valence-electron chi connectivity index (χ3n) is 6.26. The molecule has 0 aromatic heterocycles. The second-order valence-electron chi connectivity index (χ2n) is 8.48. The predicted octanol–water partition coefficient (Wildman–Crippen LogP) is 5.66. The van der Waals surface area contributed by atoms with Gasteiger partial charge >= 0.3 is 5.97 Å². The first-order valence-electron chi connectivity index (χ1n) is 11.2. The molecule has 2 atom stereocenters. The highest BCUT2D eigenvalue weighted by atomic mass is 35.5. The third kappa shape index (κ3) is 4.69. The molecular formula is C27H28ClNO4. The number of dihydropyridines is 1. The van der Waals surface area contributed by atoms with Gasteiger partial charge < -0.3 is 14.8 Å². The van der Waals surface area contributed by atoms with Crippen molar-refractivity contribution in [2.45, 2.75) is 44.9 Å². The number of allylic oxidation sites excluding steroid dienone is 3. The summed E-state index contributed by atoms with van der Waals surface area (Å²) in [7, 11) is 1.37. The fourth-order valence-electron chi connectivity index (χ4n) is 4.70. The Kier molecular flexibility index (Phi) is 6.89. The highest BCUT2D eigenvalue weighted by molar-refractivity contribution is 6.30. The molecule has 0 spiro atoms. The number of Topliss-reactive ketones (excluding diaryl/α,β-unsaturated/α-hetero) is 1. The molecule has 0 bridgehead atoms. The van der Waals surface area contributed by atoms with Crippen LogP contribution in [0, 0.1) is 0 Å². The van der Waals surface area contributed by atoms with Gasteiger partial charge in [0.05, 0.1) is 19.3 Å². The van der Waals surface area contributed by atoms with Crippen LogP contribution in [-0.4, -0.2) is 25.5 Å². The van der Waals surface area contributed by atoms with E-state index in [4.69, 9.17) is 21.1 Å². The van der Waals surface area contributed by atoms with Crippen molar-refractivity contribution in [3.63, 3.8) is 0 Å². The minimum absolute atomic E-state index is 0.0360. The molecule has 0 fully saturated rings. The number of ether oxygens (including phenoxy) is 2. The number of hydrogen-bond donors (Lipinski definition) is 1. The van der Waals surface area contributed by atoms with Gasteiger partial charge in [0.2, 0.25) is 0 Å². The lowest BCUT2D eigenvalue weighted by molar-refractivity contribution is -0.136. The lowest BCUT2D eigenvalue weighted by atomic mass is 9.72. The maximum Gasteiger partial charge on any atom is 0.336 e.